The highest BCUT2D eigenvalue weighted by Crippen LogP contribution is 2.28. The fourth-order valence-corrected chi connectivity index (χ4v) is 2.87. The molecular formula is C22H29ClN2O2. The number of hydrogen-bond donors (Lipinski definition) is 2. The standard InChI is InChI=1S/C22H29ClN2O2/c1-15-8-11-20(16(2)13-15)27-12-6-7-21(26)24-17-9-10-18(23)19(14-17)25-22(3,4)5/h8-11,13-14,25H,6-7,12H2,1-5H3,(H,24,26). The van der Waals surface area contributed by atoms with Crippen LogP contribution in [0.15, 0.2) is 36.4 Å². The molecule has 27 heavy (non-hydrogen) atoms. The maximum absolute atomic E-state index is 12.2. The number of rotatable bonds is 7. The highest BCUT2D eigenvalue weighted by Gasteiger charge is 2.13. The Morgan fingerprint density at radius 3 is 2.52 bits per heavy atom. The molecule has 0 aliphatic heterocycles. The number of hydrogen-bond acceptors (Lipinski definition) is 3. The van der Waals surface area contributed by atoms with Crippen LogP contribution < -0.4 is 15.4 Å². The lowest BCUT2D eigenvalue weighted by molar-refractivity contribution is -0.116. The largest absolute Gasteiger partial charge is 0.493 e. The first-order valence-corrected chi connectivity index (χ1v) is 9.59. The molecule has 0 aromatic heterocycles. The smallest absolute Gasteiger partial charge is 0.224 e. The summed E-state index contributed by atoms with van der Waals surface area (Å²) < 4.78 is 5.77. The number of carbonyl (C=O) groups is 1. The molecule has 0 fully saturated rings. The van der Waals surface area contributed by atoms with Crippen LogP contribution in [0.4, 0.5) is 11.4 Å². The Morgan fingerprint density at radius 2 is 1.85 bits per heavy atom. The van der Waals surface area contributed by atoms with Crippen LogP contribution in [0.2, 0.25) is 5.02 Å². The lowest BCUT2D eigenvalue weighted by Gasteiger charge is -2.23. The van der Waals surface area contributed by atoms with Crippen LogP contribution in [0.25, 0.3) is 0 Å². The first-order valence-electron chi connectivity index (χ1n) is 9.22. The van der Waals surface area contributed by atoms with E-state index in [0.717, 1.165) is 22.7 Å². The molecule has 0 radical (unpaired) electrons. The molecule has 0 unspecified atom stereocenters. The number of aryl methyl sites for hydroxylation is 2. The Morgan fingerprint density at radius 1 is 1.11 bits per heavy atom. The van der Waals surface area contributed by atoms with E-state index in [-0.39, 0.29) is 11.4 Å². The first-order chi connectivity index (χ1) is 12.6. The minimum Gasteiger partial charge on any atom is -0.493 e. The molecule has 0 aliphatic rings. The fraction of sp³-hybridized carbons (Fsp3) is 0.409. The SMILES string of the molecule is Cc1ccc(OCCCC(=O)Nc2ccc(Cl)c(NC(C)(C)C)c2)c(C)c1. The molecule has 0 heterocycles. The predicted octanol–water partition coefficient (Wildman–Crippen LogP) is 5.96. The quantitative estimate of drug-likeness (QED) is 0.575. The van der Waals surface area contributed by atoms with E-state index in [0.29, 0.717) is 24.5 Å². The summed E-state index contributed by atoms with van der Waals surface area (Å²) in [5.74, 6) is 0.833. The Bertz CT molecular complexity index is 797. The van der Waals surface area contributed by atoms with Crippen molar-refractivity contribution in [1.82, 2.24) is 0 Å². The number of halogens is 1. The van der Waals surface area contributed by atoms with Crippen molar-refractivity contribution in [3.05, 3.63) is 52.5 Å². The van der Waals surface area contributed by atoms with E-state index in [2.05, 4.69) is 44.4 Å². The highest BCUT2D eigenvalue weighted by molar-refractivity contribution is 6.33. The van der Waals surface area contributed by atoms with Crippen molar-refractivity contribution in [2.24, 2.45) is 0 Å². The molecule has 0 saturated carbocycles. The Labute approximate surface area is 167 Å². The normalized spacial score (nSPS) is 11.2. The van der Waals surface area contributed by atoms with E-state index in [4.69, 9.17) is 16.3 Å². The molecule has 146 valence electrons. The van der Waals surface area contributed by atoms with Gasteiger partial charge in [0.15, 0.2) is 0 Å². The topological polar surface area (TPSA) is 50.4 Å². The van der Waals surface area contributed by atoms with Gasteiger partial charge in [0, 0.05) is 17.6 Å². The van der Waals surface area contributed by atoms with E-state index in [9.17, 15) is 4.79 Å². The van der Waals surface area contributed by atoms with Crippen LogP contribution in [0.1, 0.15) is 44.7 Å². The van der Waals surface area contributed by atoms with Gasteiger partial charge in [-0.2, -0.15) is 0 Å². The third-order valence-electron chi connectivity index (χ3n) is 3.90. The van der Waals surface area contributed by atoms with Gasteiger partial charge in [-0.15, -0.1) is 0 Å². The Kier molecular flexibility index (Phi) is 7.14. The van der Waals surface area contributed by atoms with Crippen molar-refractivity contribution in [3.8, 4) is 5.75 Å². The summed E-state index contributed by atoms with van der Waals surface area (Å²) in [5.41, 5.74) is 3.74. The van der Waals surface area contributed by atoms with Crippen LogP contribution in [-0.2, 0) is 4.79 Å². The second-order valence-electron chi connectivity index (χ2n) is 7.84. The molecule has 2 aromatic rings. The van der Waals surface area contributed by atoms with Gasteiger partial charge in [-0.05, 0) is 70.9 Å². The van der Waals surface area contributed by atoms with Crippen molar-refractivity contribution in [3.63, 3.8) is 0 Å². The summed E-state index contributed by atoms with van der Waals surface area (Å²) in [5, 5.41) is 6.89. The molecular weight excluding hydrogens is 360 g/mol. The minimum atomic E-state index is -0.113. The fourth-order valence-electron chi connectivity index (χ4n) is 2.70. The van der Waals surface area contributed by atoms with E-state index in [1.165, 1.54) is 5.56 Å². The maximum Gasteiger partial charge on any atom is 0.224 e. The van der Waals surface area contributed by atoms with Crippen molar-refractivity contribution in [1.29, 1.82) is 0 Å². The van der Waals surface area contributed by atoms with Gasteiger partial charge in [-0.1, -0.05) is 29.3 Å². The lowest BCUT2D eigenvalue weighted by Crippen LogP contribution is -2.26. The number of benzene rings is 2. The second kappa shape index (κ2) is 9.14. The van der Waals surface area contributed by atoms with Gasteiger partial charge >= 0.3 is 0 Å². The summed E-state index contributed by atoms with van der Waals surface area (Å²) in [6.45, 7) is 10.8. The van der Waals surface area contributed by atoms with Crippen molar-refractivity contribution in [2.75, 3.05) is 17.2 Å². The van der Waals surface area contributed by atoms with Gasteiger partial charge in [0.25, 0.3) is 0 Å². The second-order valence-corrected chi connectivity index (χ2v) is 8.25. The Hall–Kier alpha value is -2.20. The van der Waals surface area contributed by atoms with Gasteiger partial charge < -0.3 is 15.4 Å². The molecule has 0 atom stereocenters. The monoisotopic (exact) mass is 388 g/mol. The zero-order valence-corrected chi connectivity index (χ0v) is 17.5. The molecule has 2 N–H and O–H groups in total. The summed E-state index contributed by atoms with van der Waals surface area (Å²) in [6, 6.07) is 11.5. The minimum absolute atomic E-state index is 0.0386. The summed E-state index contributed by atoms with van der Waals surface area (Å²) in [6.07, 6.45) is 1.05. The molecule has 2 rings (SSSR count). The third-order valence-corrected chi connectivity index (χ3v) is 4.23. The van der Waals surface area contributed by atoms with Gasteiger partial charge in [-0.25, -0.2) is 0 Å². The number of amides is 1. The molecule has 4 nitrogen and oxygen atoms in total. The highest BCUT2D eigenvalue weighted by atomic mass is 35.5. The van der Waals surface area contributed by atoms with Crippen LogP contribution in [0.3, 0.4) is 0 Å². The molecule has 0 spiro atoms. The number of ether oxygens (including phenoxy) is 1. The van der Waals surface area contributed by atoms with Gasteiger partial charge in [0.1, 0.15) is 5.75 Å². The van der Waals surface area contributed by atoms with E-state index in [1.54, 1.807) is 12.1 Å². The van der Waals surface area contributed by atoms with Crippen molar-refractivity contribution < 1.29 is 9.53 Å². The number of nitrogens with one attached hydrogen (secondary N) is 2. The van der Waals surface area contributed by atoms with Crippen LogP contribution in [0, 0.1) is 13.8 Å². The zero-order valence-electron chi connectivity index (χ0n) is 16.8. The summed E-state index contributed by atoms with van der Waals surface area (Å²) in [7, 11) is 0. The summed E-state index contributed by atoms with van der Waals surface area (Å²) >= 11 is 6.23. The first kappa shape index (κ1) is 21.1. The molecule has 0 bridgehead atoms. The molecule has 5 heteroatoms. The lowest BCUT2D eigenvalue weighted by atomic mass is 10.1. The van der Waals surface area contributed by atoms with E-state index >= 15 is 0 Å². The average Bonchev–Trinajstić information content (AvgIpc) is 2.55. The Balaban J connectivity index is 1.82. The molecule has 2 aromatic carbocycles. The van der Waals surface area contributed by atoms with Crippen LogP contribution in [-0.4, -0.2) is 18.1 Å². The van der Waals surface area contributed by atoms with Gasteiger partial charge in [-0.3, -0.25) is 4.79 Å². The molecule has 0 saturated heterocycles. The third kappa shape index (κ3) is 7.14. The van der Waals surface area contributed by atoms with Crippen LogP contribution in [0.5, 0.6) is 5.75 Å². The van der Waals surface area contributed by atoms with Gasteiger partial charge in [0.05, 0.1) is 17.3 Å². The summed E-state index contributed by atoms with van der Waals surface area (Å²) in [4.78, 5) is 12.2. The van der Waals surface area contributed by atoms with Crippen LogP contribution >= 0.6 is 11.6 Å². The van der Waals surface area contributed by atoms with Crippen molar-refractivity contribution >= 4 is 28.9 Å². The molecule has 1 amide bonds. The van der Waals surface area contributed by atoms with E-state index in [1.807, 2.05) is 25.1 Å². The molecule has 0 aliphatic carbocycles. The number of anilines is 2. The number of carbonyl (C=O) groups excluding carboxylic acids is 1. The predicted molar refractivity (Wildman–Crippen MR) is 114 cm³/mol. The maximum atomic E-state index is 12.2. The van der Waals surface area contributed by atoms with Gasteiger partial charge in [0.2, 0.25) is 5.91 Å². The zero-order chi connectivity index (χ0) is 20.0. The van der Waals surface area contributed by atoms with Crippen molar-refractivity contribution in [2.45, 2.75) is 53.0 Å². The van der Waals surface area contributed by atoms with E-state index < -0.39 is 0 Å². The average molecular weight is 389 g/mol.